The van der Waals surface area contributed by atoms with Crippen molar-refractivity contribution < 1.29 is 4.79 Å². The molecule has 0 atom stereocenters. The predicted octanol–water partition coefficient (Wildman–Crippen LogP) is 2.40. The molecule has 2 aromatic rings. The average molecular weight is 290 g/mol. The number of thiazole rings is 1. The van der Waals surface area contributed by atoms with Crippen LogP contribution in [0.3, 0.4) is 0 Å². The van der Waals surface area contributed by atoms with Gasteiger partial charge in [0.15, 0.2) is 5.01 Å². The maximum Gasteiger partial charge on any atom is 0.294 e. The first-order chi connectivity index (χ1) is 9.79. The SMILES string of the molecule is CCCNNC(=O)c1ncc(CNc2ccccc2)s1. The van der Waals surface area contributed by atoms with E-state index in [1.807, 2.05) is 37.3 Å². The van der Waals surface area contributed by atoms with E-state index in [-0.39, 0.29) is 5.91 Å². The van der Waals surface area contributed by atoms with Crippen molar-refractivity contribution in [3.8, 4) is 0 Å². The number of hydrazine groups is 1. The molecular weight excluding hydrogens is 272 g/mol. The van der Waals surface area contributed by atoms with E-state index in [1.54, 1.807) is 6.20 Å². The third-order valence-corrected chi connectivity index (χ3v) is 3.56. The molecule has 0 bridgehead atoms. The van der Waals surface area contributed by atoms with E-state index in [1.165, 1.54) is 11.3 Å². The van der Waals surface area contributed by atoms with Gasteiger partial charge in [0.1, 0.15) is 0 Å². The monoisotopic (exact) mass is 290 g/mol. The van der Waals surface area contributed by atoms with Gasteiger partial charge in [0, 0.05) is 23.3 Å². The third-order valence-electron chi connectivity index (χ3n) is 2.57. The fourth-order valence-corrected chi connectivity index (χ4v) is 2.31. The van der Waals surface area contributed by atoms with Gasteiger partial charge in [-0.05, 0) is 18.6 Å². The van der Waals surface area contributed by atoms with Crippen LogP contribution in [0.25, 0.3) is 0 Å². The molecule has 0 unspecified atom stereocenters. The zero-order valence-corrected chi connectivity index (χ0v) is 12.2. The van der Waals surface area contributed by atoms with E-state index in [2.05, 4.69) is 21.2 Å². The van der Waals surface area contributed by atoms with E-state index in [0.29, 0.717) is 11.6 Å². The molecule has 6 heteroatoms. The number of nitrogens with one attached hydrogen (secondary N) is 3. The maximum atomic E-state index is 11.8. The number of rotatable bonds is 7. The minimum Gasteiger partial charge on any atom is -0.380 e. The van der Waals surface area contributed by atoms with Gasteiger partial charge in [-0.25, -0.2) is 10.4 Å². The van der Waals surface area contributed by atoms with Crippen LogP contribution < -0.4 is 16.2 Å². The number of benzene rings is 1. The van der Waals surface area contributed by atoms with Crippen LogP contribution >= 0.6 is 11.3 Å². The topological polar surface area (TPSA) is 66.0 Å². The Bertz CT molecular complexity index is 541. The van der Waals surface area contributed by atoms with Crippen LogP contribution in [0.4, 0.5) is 5.69 Å². The standard InChI is InChI=1S/C14H18N4OS/c1-2-8-17-18-13(19)14-16-10-12(20-14)9-15-11-6-4-3-5-7-11/h3-7,10,15,17H,2,8-9H2,1H3,(H,18,19). The van der Waals surface area contributed by atoms with Crippen molar-refractivity contribution in [1.82, 2.24) is 15.8 Å². The molecule has 0 aliphatic heterocycles. The Hall–Kier alpha value is -1.92. The molecule has 20 heavy (non-hydrogen) atoms. The minimum atomic E-state index is -0.186. The summed E-state index contributed by atoms with van der Waals surface area (Å²) >= 11 is 1.39. The van der Waals surface area contributed by atoms with Gasteiger partial charge < -0.3 is 5.32 Å². The van der Waals surface area contributed by atoms with Gasteiger partial charge in [-0.15, -0.1) is 11.3 Å². The van der Waals surface area contributed by atoms with Crippen molar-refractivity contribution in [1.29, 1.82) is 0 Å². The van der Waals surface area contributed by atoms with Gasteiger partial charge in [0.05, 0.1) is 6.54 Å². The molecule has 0 spiro atoms. The van der Waals surface area contributed by atoms with Crippen molar-refractivity contribution in [2.24, 2.45) is 0 Å². The molecule has 0 radical (unpaired) electrons. The highest BCUT2D eigenvalue weighted by molar-refractivity contribution is 7.13. The second-order valence-corrected chi connectivity index (χ2v) is 5.35. The molecule has 0 aliphatic rings. The summed E-state index contributed by atoms with van der Waals surface area (Å²) < 4.78 is 0. The second-order valence-electron chi connectivity index (χ2n) is 4.23. The Morgan fingerprint density at radius 3 is 2.85 bits per heavy atom. The van der Waals surface area contributed by atoms with Gasteiger partial charge in [0.25, 0.3) is 5.91 Å². The normalized spacial score (nSPS) is 10.2. The lowest BCUT2D eigenvalue weighted by atomic mass is 10.3. The van der Waals surface area contributed by atoms with Crippen molar-refractivity contribution in [3.63, 3.8) is 0 Å². The van der Waals surface area contributed by atoms with Crippen LogP contribution in [0, 0.1) is 0 Å². The molecule has 0 aliphatic carbocycles. The van der Waals surface area contributed by atoms with Crippen LogP contribution in [0.2, 0.25) is 0 Å². The number of carbonyl (C=O) groups excluding carboxylic acids is 1. The molecular formula is C14H18N4OS. The van der Waals surface area contributed by atoms with E-state index in [4.69, 9.17) is 0 Å². The molecule has 1 aromatic carbocycles. The number of carbonyl (C=O) groups is 1. The fourth-order valence-electron chi connectivity index (χ4n) is 1.56. The summed E-state index contributed by atoms with van der Waals surface area (Å²) in [6.07, 6.45) is 2.69. The van der Waals surface area contributed by atoms with Gasteiger partial charge >= 0.3 is 0 Å². The summed E-state index contributed by atoms with van der Waals surface area (Å²) in [6.45, 7) is 3.45. The van der Waals surface area contributed by atoms with Crippen LogP contribution in [0.5, 0.6) is 0 Å². The molecule has 1 heterocycles. The van der Waals surface area contributed by atoms with Crippen LogP contribution in [0.1, 0.15) is 28.0 Å². The molecule has 0 saturated heterocycles. The molecule has 106 valence electrons. The highest BCUT2D eigenvalue weighted by atomic mass is 32.1. The highest BCUT2D eigenvalue weighted by Crippen LogP contribution is 2.15. The summed E-state index contributed by atoms with van der Waals surface area (Å²) in [7, 11) is 0. The lowest BCUT2D eigenvalue weighted by Crippen LogP contribution is -2.37. The zero-order valence-electron chi connectivity index (χ0n) is 11.3. The highest BCUT2D eigenvalue weighted by Gasteiger charge is 2.10. The lowest BCUT2D eigenvalue weighted by molar-refractivity contribution is 0.0933. The van der Waals surface area contributed by atoms with Gasteiger partial charge in [0.2, 0.25) is 0 Å². The van der Waals surface area contributed by atoms with E-state index >= 15 is 0 Å². The summed E-state index contributed by atoms with van der Waals surface area (Å²) in [5, 5.41) is 3.76. The number of anilines is 1. The molecule has 0 saturated carbocycles. The van der Waals surface area contributed by atoms with Crippen LogP contribution in [0.15, 0.2) is 36.5 Å². The number of hydrogen-bond acceptors (Lipinski definition) is 5. The van der Waals surface area contributed by atoms with Crippen LogP contribution in [-0.4, -0.2) is 17.4 Å². The number of aromatic nitrogens is 1. The largest absolute Gasteiger partial charge is 0.380 e. The zero-order chi connectivity index (χ0) is 14.2. The third kappa shape index (κ3) is 4.32. The first-order valence-corrected chi connectivity index (χ1v) is 7.38. The molecule has 1 aromatic heterocycles. The Morgan fingerprint density at radius 1 is 1.30 bits per heavy atom. The molecule has 1 amide bonds. The molecule has 5 nitrogen and oxygen atoms in total. The summed E-state index contributed by atoms with van der Waals surface area (Å²) in [5.41, 5.74) is 6.53. The van der Waals surface area contributed by atoms with Gasteiger partial charge in [-0.2, -0.15) is 0 Å². The van der Waals surface area contributed by atoms with E-state index in [9.17, 15) is 4.79 Å². The second kappa shape index (κ2) is 7.62. The summed E-state index contributed by atoms with van der Waals surface area (Å²) in [6, 6.07) is 9.94. The first kappa shape index (κ1) is 14.5. The van der Waals surface area contributed by atoms with E-state index < -0.39 is 0 Å². The number of amides is 1. The van der Waals surface area contributed by atoms with Crippen LogP contribution in [-0.2, 0) is 6.54 Å². The molecule has 2 rings (SSSR count). The van der Waals surface area contributed by atoms with Crippen molar-refractivity contribution in [2.75, 3.05) is 11.9 Å². The average Bonchev–Trinajstić information content (AvgIpc) is 2.95. The van der Waals surface area contributed by atoms with Gasteiger partial charge in [-0.1, -0.05) is 25.1 Å². The molecule has 3 N–H and O–H groups in total. The van der Waals surface area contributed by atoms with Crippen molar-refractivity contribution in [3.05, 3.63) is 46.4 Å². The predicted molar refractivity (Wildman–Crippen MR) is 81.6 cm³/mol. The number of para-hydroxylation sites is 1. The lowest BCUT2D eigenvalue weighted by Gasteiger charge is -2.03. The smallest absolute Gasteiger partial charge is 0.294 e. The summed E-state index contributed by atoms with van der Waals surface area (Å²) in [5.74, 6) is -0.186. The quantitative estimate of drug-likeness (QED) is 0.541. The van der Waals surface area contributed by atoms with Crippen molar-refractivity contribution >= 4 is 22.9 Å². The number of hydrogen-bond donors (Lipinski definition) is 3. The van der Waals surface area contributed by atoms with E-state index in [0.717, 1.165) is 23.5 Å². The minimum absolute atomic E-state index is 0.186. The van der Waals surface area contributed by atoms with Gasteiger partial charge in [-0.3, -0.25) is 10.2 Å². The fraction of sp³-hybridized carbons (Fsp3) is 0.286. The Kier molecular flexibility index (Phi) is 5.52. The maximum absolute atomic E-state index is 11.8. The number of nitrogens with zero attached hydrogens (tertiary/aromatic N) is 1. The Balaban J connectivity index is 1.84. The summed E-state index contributed by atoms with van der Waals surface area (Å²) in [4.78, 5) is 16.9. The Labute approximate surface area is 122 Å². The van der Waals surface area contributed by atoms with Crippen molar-refractivity contribution in [2.45, 2.75) is 19.9 Å². The first-order valence-electron chi connectivity index (χ1n) is 6.56. The molecule has 0 fully saturated rings. The Morgan fingerprint density at radius 2 is 2.10 bits per heavy atom.